The molecule has 1 aliphatic carbocycles. The maximum Gasteiger partial charge on any atom is 0.411 e. The number of hydrogen-bond acceptors (Lipinski definition) is 5. The molecule has 6 rings (SSSR count). The van der Waals surface area contributed by atoms with Crippen molar-refractivity contribution in [2.75, 3.05) is 0 Å². The molecule has 0 spiro atoms. The zero-order valence-corrected chi connectivity index (χ0v) is 20.0. The number of rotatable bonds is 4. The van der Waals surface area contributed by atoms with Crippen LogP contribution in [0.2, 0.25) is 0 Å². The van der Waals surface area contributed by atoms with Crippen molar-refractivity contribution in [2.45, 2.75) is 63.1 Å². The molecule has 2 aliphatic rings. The highest BCUT2D eigenvalue weighted by molar-refractivity contribution is 5.78. The first-order valence-corrected chi connectivity index (χ1v) is 12.3. The summed E-state index contributed by atoms with van der Waals surface area (Å²) >= 11 is 0. The summed E-state index contributed by atoms with van der Waals surface area (Å²) in [4.78, 5) is 28.5. The average molecular weight is 468 g/mol. The minimum absolute atomic E-state index is 0.0788. The van der Waals surface area contributed by atoms with Crippen LogP contribution >= 0.6 is 0 Å². The summed E-state index contributed by atoms with van der Waals surface area (Å²) in [5.74, 6) is 1.05. The molecule has 178 valence electrons. The van der Waals surface area contributed by atoms with Crippen molar-refractivity contribution < 1.29 is 9.53 Å². The van der Waals surface area contributed by atoms with Crippen LogP contribution in [0.1, 0.15) is 62.6 Å². The Hall–Kier alpha value is -3.74. The zero-order valence-electron chi connectivity index (χ0n) is 20.0. The molecule has 0 radical (unpaired) electrons. The van der Waals surface area contributed by atoms with Gasteiger partial charge < -0.3 is 4.74 Å². The smallest absolute Gasteiger partial charge is 0.411 e. The molecule has 1 aromatic carbocycles. The van der Waals surface area contributed by atoms with Crippen LogP contribution in [-0.2, 0) is 4.74 Å². The first-order valence-electron chi connectivity index (χ1n) is 12.3. The van der Waals surface area contributed by atoms with Gasteiger partial charge in [0.1, 0.15) is 5.60 Å². The van der Waals surface area contributed by atoms with Crippen LogP contribution < -0.4 is 0 Å². The van der Waals surface area contributed by atoms with Gasteiger partial charge >= 0.3 is 6.09 Å². The SMILES string of the molecule is CC1(C)OC(=O)N(C2CCC(c3cnc4ccn(-c5ncccn5)c4c3)CC2)[C@H]1c1ccccc1. The summed E-state index contributed by atoms with van der Waals surface area (Å²) in [6.07, 6.45) is 11.2. The first-order chi connectivity index (χ1) is 17.0. The van der Waals surface area contributed by atoms with Crippen molar-refractivity contribution in [1.29, 1.82) is 0 Å². The molecule has 1 saturated carbocycles. The number of fused-ring (bicyclic) bond motifs is 1. The van der Waals surface area contributed by atoms with E-state index in [9.17, 15) is 4.79 Å². The molecule has 4 heterocycles. The van der Waals surface area contributed by atoms with E-state index in [1.165, 1.54) is 5.56 Å². The maximum absolute atomic E-state index is 13.0. The van der Waals surface area contributed by atoms with Gasteiger partial charge in [0.2, 0.25) is 5.95 Å². The number of hydrogen-bond donors (Lipinski definition) is 0. The minimum atomic E-state index is -0.560. The molecule has 1 amide bonds. The fourth-order valence-electron chi connectivity index (χ4n) is 5.86. The van der Waals surface area contributed by atoms with Crippen molar-refractivity contribution in [1.82, 2.24) is 24.4 Å². The largest absolute Gasteiger partial charge is 0.441 e. The molecular formula is C28H29N5O2. The van der Waals surface area contributed by atoms with Gasteiger partial charge in [-0.15, -0.1) is 0 Å². The van der Waals surface area contributed by atoms with Gasteiger partial charge in [0.15, 0.2) is 0 Å². The lowest BCUT2D eigenvalue weighted by Gasteiger charge is -2.38. The standard InChI is InChI=1S/C28H29N5O2/c1-28(2)25(20-7-4-3-5-8-20)33(27(34)35-28)22-11-9-19(10-12-22)21-17-24-23(31-18-21)13-16-32(24)26-29-14-6-15-30-26/h3-8,13-19,22,25H,9-12H2,1-2H3/t19?,22?,25-/m0/s1. The Labute approximate surface area is 204 Å². The topological polar surface area (TPSA) is 73.1 Å². The molecule has 35 heavy (non-hydrogen) atoms. The quantitative estimate of drug-likeness (QED) is 0.378. The number of nitrogens with zero attached hydrogens (tertiary/aromatic N) is 5. The van der Waals surface area contributed by atoms with Gasteiger partial charge in [0, 0.05) is 30.8 Å². The molecule has 3 aromatic heterocycles. The Morgan fingerprint density at radius 3 is 2.40 bits per heavy atom. The number of benzene rings is 1. The molecular weight excluding hydrogens is 438 g/mol. The number of carbonyl (C=O) groups is 1. The van der Waals surface area contributed by atoms with Crippen LogP contribution in [-0.4, -0.2) is 42.2 Å². The minimum Gasteiger partial charge on any atom is -0.441 e. The third-order valence-electron chi connectivity index (χ3n) is 7.50. The van der Waals surface area contributed by atoms with E-state index in [-0.39, 0.29) is 18.2 Å². The second-order valence-electron chi connectivity index (χ2n) is 10.1. The summed E-state index contributed by atoms with van der Waals surface area (Å²) in [5.41, 5.74) is 3.75. The number of ether oxygens (including phenoxy) is 1. The Morgan fingerprint density at radius 2 is 1.66 bits per heavy atom. The van der Waals surface area contributed by atoms with Crippen molar-refractivity contribution in [3.8, 4) is 5.95 Å². The van der Waals surface area contributed by atoms with Crippen LogP contribution in [0, 0.1) is 0 Å². The van der Waals surface area contributed by atoms with Gasteiger partial charge in [-0.25, -0.2) is 14.8 Å². The number of pyridine rings is 1. The molecule has 4 aromatic rings. The maximum atomic E-state index is 13.0. The fourth-order valence-corrected chi connectivity index (χ4v) is 5.86. The van der Waals surface area contributed by atoms with E-state index < -0.39 is 5.60 Å². The third-order valence-corrected chi connectivity index (χ3v) is 7.50. The van der Waals surface area contributed by atoms with E-state index in [1.54, 1.807) is 12.4 Å². The third kappa shape index (κ3) is 3.85. The molecule has 1 aliphatic heterocycles. The Bertz CT molecular complexity index is 1340. The number of carbonyl (C=O) groups excluding carboxylic acids is 1. The van der Waals surface area contributed by atoms with Gasteiger partial charge in [-0.05, 0) is 74.8 Å². The summed E-state index contributed by atoms with van der Waals surface area (Å²) < 4.78 is 7.84. The lowest BCUT2D eigenvalue weighted by atomic mass is 9.80. The highest BCUT2D eigenvalue weighted by atomic mass is 16.6. The van der Waals surface area contributed by atoms with Crippen molar-refractivity contribution in [3.63, 3.8) is 0 Å². The Morgan fingerprint density at radius 1 is 0.914 bits per heavy atom. The van der Waals surface area contributed by atoms with Gasteiger partial charge in [-0.1, -0.05) is 30.3 Å². The van der Waals surface area contributed by atoms with E-state index >= 15 is 0 Å². The van der Waals surface area contributed by atoms with E-state index in [4.69, 9.17) is 9.72 Å². The number of aromatic nitrogens is 4. The van der Waals surface area contributed by atoms with E-state index in [0.29, 0.717) is 11.9 Å². The lowest BCUT2D eigenvalue weighted by molar-refractivity contribution is 0.0664. The van der Waals surface area contributed by atoms with Crippen molar-refractivity contribution in [3.05, 3.63) is 84.4 Å². The van der Waals surface area contributed by atoms with Gasteiger partial charge in [-0.2, -0.15) is 0 Å². The van der Waals surface area contributed by atoms with Gasteiger partial charge in [0.25, 0.3) is 0 Å². The Balaban J connectivity index is 1.23. The highest BCUT2D eigenvalue weighted by Gasteiger charge is 2.51. The van der Waals surface area contributed by atoms with Gasteiger partial charge in [-0.3, -0.25) is 14.5 Å². The number of amides is 1. The molecule has 7 nitrogen and oxygen atoms in total. The van der Waals surface area contributed by atoms with Crippen LogP contribution in [0.25, 0.3) is 17.0 Å². The van der Waals surface area contributed by atoms with E-state index in [1.807, 2.05) is 66.0 Å². The lowest BCUT2D eigenvalue weighted by Crippen LogP contribution is -2.42. The second kappa shape index (κ2) is 8.48. The summed E-state index contributed by atoms with van der Waals surface area (Å²) in [6.45, 7) is 4.03. The van der Waals surface area contributed by atoms with Gasteiger partial charge in [0.05, 0.1) is 17.1 Å². The molecule has 7 heteroatoms. The van der Waals surface area contributed by atoms with Crippen LogP contribution in [0.3, 0.4) is 0 Å². The summed E-state index contributed by atoms with van der Waals surface area (Å²) in [6, 6.07) is 16.4. The molecule has 0 bridgehead atoms. The van der Waals surface area contributed by atoms with Crippen molar-refractivity contribution in [2.24, 2.45) is 0 Å². The molecule has 1 saturated heterocycles. The summed E-state index contributed by atoms with van der Waals surface area (Å²) in [5, 5.41) is 0. The molecule has 2 fully saturated rings. The van der Waals surface area contributed by atoms with E-state index in [0.717, 1.165) is 42.3 Å². The predicted molar refractivity (Wildman–Crippen MR) is 133 cm³/mol. The Kier molecular flexibility index (Phi) is 5.28. The van der Waals surface area contributed by atoms with Crippen LogP contribution in [0.5, 0.6) is 0 Å². The highest BCUT2D eigenvalue weighted by Crippen LogP contribution is 2.46. The molecule has 0 N–H and O–H groups in total. The van der Waals surface area contributed by atoms with Crippen molar-refractivity contribution >= 4 is 17.1 Å². The normalized spacial score (nSPS) is 24.0. The monoisotopic (exact) mass is 467 g/mol. The molecule has 0 unspecified atom stereocenters. The fraction of sp³-hybridized carbons (Fsp3) is 0.357. The molecule has 1 atom stereocenters. The van der Waals surface area contributed by atoms with Crippen LogP contribution in [0.15, 0.2) is 73.3 Å². The number of cyclic esters (lactones) is 1. The van der Waals surface area contributed by atoms with E-state index in [2.05, 4.69) is 28.2 Å². The predicted octanol–water partition coefficient (Wildman–Crippen LogP) is 5.81. The average Bonchev–Trinajstić information content (AvgIpc) is 3.41. The van der Waals surface area contributed by atoms with Crippen LogP contribution in [0.4, 0.5) is 4.79 Å². The first kappa shape index (κ1) is 21.8. The second-order valence-corrected chi connectivity index (χ2v) is 10.1. The summed E-state index contributed by atoms with van der Waals surface area (Å²) in [7, 11) is 0. The zero-order chi connectivity index (χ0) is 24.0.